The minimum absolute atomic E-state index is 0.165. The van der Waals surface area contributed by atoms with Crippen LogP contribution in [0.15, 0.2) is 77.4 Å². The lowest BCUT2D eigenvalue weighted by molar-refractivity contribution is -0.123. The van der Waals surface area contributed by atoms with Crippen LogP contribution in [0.4, 0.5) is 0 Å². The van der Waals surface area contributed by atoms with Gasteiger partial charge < -0.3 is 19.8 Å². The number of hydrogen-bond donors (Lipinski definition) is 2. The summed E-state index contributed by atoms with van der Waals surface area (Å²) in [6.45, 7) is 2.65. The fourth-order valence-electron chi connectivity index (χ4n) is 2.87. The molecular formula is C23H24N2O4. The molecule has 0 bridgehead atoms. The SMILES string of the molecule is Cc1cccc(OCCNC(=O)[C@@H](Cc2ccccc2)NC(=O)c2ccco2)c1. The second-order valence-corrected chi connectivity index (χ2v) is 6.65. The maximum absolute atomic E-state index is 12.7. The molecule has 0 fully saturated rings. The minimum Gasteiger partial charge on any atom is -0.492 e. The number of aryl methyl sites for hydroxylation is 1. The molecule has 29 heavy (non-hydrogen) atoms. The molecule has 0 spiro atoms. The summed E-state index contributed by atoms with van der Waals surface area (Å²) in [5.74, 6) is 0.216. The van der Waals surface area contributed by atoms with Gasteiger partial charge in [-0.1, -0.05) is 42.5 Å². The molecule has 2 N–H and O–H groups in total. The van der Waals surface area contributed by atoms with Gasteiger partial charge in [0.05, 0.1) is 12.8 Å². The smallest absolute Gasteiger partial charge is 0.287 e. The highest BCUT2D eigenvalue weighted by Gasteiger charge is 2.22. The molecule has 1 heterocycles. The molecule has 150 valence electrons. The zero-order valence-corrected chi connectivity index (χ0v) is 16.3. The van der Waals surface area contributed by atoms with Crippen molar-refractivity contribution in [2.45, 2.75) is 19.4 Å². The first-order valence-corrected chi connectivity index (χ1v) is 9.47. The zero-order valence-electron chi connectivity index (χ0n) is 16.3. The molecule has 0 aliphatic carbocycles. The predicted molar refractivity (Wildman–Crippen MR) is 110 cm³/mol. The number of carbonyl (C=O) groups excluding carboxylic acids is 2. The van der Waals surface area contributed by atoms with Crippen LogP contribution in [-0.2, 0) is 11.2 Å². The van der Waals surface area contributed by atoms with E-state index in [0.717, 1.165) is 16.9 Å². The Balaban J connectivity index is 1.56. The molecule has 0 aliphatic rings. The van der Waals surface area contributed by atoms with E-state index in [1.165, 1.54) is 6.26 Å². The Hall–Kier alpha value is -3.54. The molecule has 2 amide bonds. The number of nitrogens with one attached hydrogen (secondary N) is 2. The molecule has 6 nitrogen and oxygen atoms in total. The van der Waals surface area contributed by atoms with E-state index in [9.17, 15) is 9.59 Å². The van der Waals surface area contributed by atoms with Gasteiger partial charge in [0.15, 0.2) is 5.76 Å². The largest absolute Gasteiger partial charge is 0.492 e. The molecule has 2 aromatic carbocycles. The maximum atomic E-state index is 12.7. The van der Waals surface area contributed by atoms with Crippen molar-refractivity contribution < 1.29 is 18.7 Å². The molecule has 0 aliphatic heterocycles. The van der Waals surface area contributed by atoms with Crippen LogP contribution in [0.3, 0.4) is 0 Å². The van der Waals surface area contributed by atoms with Gasteiger partial charge >= 0.3 is 0 Å². The van der Waals surface area contributed by atoms with Crippen molar-refractivity contribution in [2.75, 3.05) is 13.2 Å². The van der Waals surface area contributed by atoms with Crippen LogP contribution in [0.2, 0.25) is 0 Å². The van der Waals surface area contributed by atoms with E-state index >= 15 is 0 Å². The highest BCUT2D eigenvalue weighted by atomic mass is 16.5. The summed E-state index contributed by atoms with van der Waals surface area (Å²) < 4.78 is 10.8. The van der Waals surface area contributed by atoms with Crippen LogP contribution in [-0.4, -0.2) is 31.0 Å². The molecule has 0 unspecified atom stereocenters. The lowest BCUT2D eigenvalue weighted by Gasteiger charge is -2.18. The summed E-state index contributed by atoms with van der Waals surface area (Å²) in [6, 6.07) is 19.7. The fourth-order valence-corrected chi connectivity index (χ4v) is 2.87. The lowest BCUT2D eigenvalue weighted by Crippen LogP contribution is -2.48. The first-order chi connectivity index (χ1) is 14.1. The second kappa shape index (κ2) is 10.1. The maximum Gasteiger partial charge on any atom is 0.287 e. The third kappa shape index (κ3) is 6.24. The number of furan rings is 1. The van der Waals surface area contributed by atoms with E-state index in [2.05, 4.69) is 10.6 Å². The molecule has 1 atom stereocenters. The number of benzene rings is 2. The van der Waals surface area contributed by atoms with Gasteiger partial charge in [0.2, 0.25) is 5.91 Å². The third-order valence-corrected chi connectivity index (χ3v) is 4.31. The molecule has 3 rings (SSSR count). The van der Waals surface area contributed by atoms with E-state index in [1.807, 2.05) is 61.5 Å². The summed E-state index contributed by atoms with van der Waals surface area (Å²) in [5, 5.41) is 5.58. The Morgan fingerprint density at radius 1 is 1.03 bits per heavy atom. The van der Waals surface area contributed by atoms with Crippen molar-refractivity contribution >= 4 is 11.8 Å². The zero-order chi connectivity index (χ0) is 20.5. The standard InChI is InChI=1S/C23H24N2O4/c1-17-7-5-10-19(15-17)28-14-12-24-22(26)20(16-18-8-3-2-4-9-18)25-23(27)21-11-6-13-29-21/h2-11,13,15,20H,12,14,16H2,1H3,(H,24,26)(H,25,27)/t20-/m1/s1. The van der Waals surface area contributed by atoms with Crippen LogP contribution in [0, 0.1) is 6.92 Å². The van der Waals surface area contributed by atoms with Gasteiger partial charge in [-0.05, 0) is 42.3 Å². The highest BCUT2D eigenvalue weighted by molar-refractivity contribution is 5.95. The Morgan fingerprint density at radius 2 is 1.86 bits per heavy atom. The molecule has 3 aromatic rings. The van der Waals surface area contributed by atoms with E-state index in [1.54, 1.807) is 12.1 Å². The average molecular weight is 392 g/mol. The number of amides is 2. The van der Waals surface area contributed by atoms with Crippen molar-refractivity contribution in [3.05, 3.63) is 89.9 Å². The number of ether oxygens (including phenoxy) is 1. The van der Waals surface area contributed by atoms with Gasteiger partial charge in [-0.25, -0.2) is 0 Å². The number of carbonyl (C=O) groups is 2. The molecule has 1 aromatic heterocycles. The van der Waals surface area contributed by atoms with Crippen LogP contribution in [0.1, 0.15) is 21.7 Å². The predicted octanol–water partition coefficient (Wildman–Crippen LogP) is 3.12. The molecule has 0 saturated carbocycles. The van der Waals surface area contributed by atoms with Crippen molar-refractivity contribution in [1.82, 2.24) is 10.6 Å². The Bertz CT molecular complexity index is 923. The van der Waals surface area contributed by atoms with E-state index in [0.29, 0.717) is 19.6 Å². The van der Waals surface area contributed by atoms with Gasteiger partial charge in [0.1, 0.15) is 18.4 Å². The van der Waals surface area contributed by atoms with Gasteiger partial charge in [0.25, 0.3) is 5.91 Å². The summed E-state index contributed by atoms with van der Waals surface area (Å²) in [4.78, 5) is 25.1. The number of rotatable bonds is 9. The summed E-state index contributed by atoms with van der Waals surface area (Å²) >= 11 is 0. The Labute approximate surface area is 169 Å². The van der Waals surface area contributed by atoms with Crippen molar-refractivity contribution in [3.8, 4) is 5.75 Å². The molecule has 0 saturated heterocycles. The lowest BCUT2D eigenvalue weighted by atomic mass is 10.1. The summed E-state index contributed by atoms with van der Waals surface area (Å²) in [6.07, 6.45) is 1.79. The highest BCUT2D eigenvalue weighted by Crippen LogP contribution is 2.12. The minimum atomic E-state index is -0.728. The summed E-state index contributed by atoms with van der Waals surface area (Å²) in [7, 11) is 0. The third-order valence-electron chi connectivity index (χ3n) is 4.31. The Kier molecular flexibility index (Phi) is 7.05. The van der Waals surface area contributed by atoms with E-state index < -0.39 is 11.9 Å². The Morgan fingerprint density at radius 3 is 2.59 bits per heavy atom. The van der Waals surface area contributed by atoms with Gasteiger partial charge in [-0.15, -0.1) is 0 Å². The first-order valence-electron chi connectivity index (χ1n) is 9.47. The van der Waals surface area contributed by atoms with E-state index in [-0.39, 0.29) is 11.7 Å². The second-order valence-electron chi connectivity index (χ2n) is 6.65. The van der Waals surface area contributed by atoms with Crippen LogP contribution in [0.25, 0.3) is 0 Å². The van der Waals surface area contributed by atoms with Crippen molar-refractivity contribution in [2.24, 2.45) is 0 Å². The first kappa shape index (κ1) is 20.2. The molecule has 6 heteroatoms. The molecular weight excluding hydrogens is 368 g/mol. The van der Waals surface area contributed by atoms with Gasteiger partial charge in [-0.2, -0.15) is 0 Å². The van der Waals surface area contributed by atoms with Crippen LogP contribution >= 0.6 is 0 Å². The van der Waals surface area contributed by atoms with E-state index in [4.69, 9.17) is 9.15 Å². The quantitative estimate of drug-likeness (QED) is 0.548. The van der Waals surface area contributed by atoms with Crippen molar-refractivity contribution in [3.63, 3.8) is 0 Å². The number of hydrogen-bond acceptors (Lipinski definition) is 4. The topological polar surface area (TPSA) is 80.6 Å². The normalized spacial score (nSPS) is 11.5. The summed E-state index contributed by atoms with van der Waals surface area (Å²) in [5.41, 5.74) is 2.05. The fraction of sp³-hybridized carbons (Fsp3) is 0.217. The van der Waals surface area contributed by atoms with Crippen LogP contribution < -0.4 is 15.4 Å². The van der Waals surface area contributed by atoms with Gasteiger partial charge in [-0.3, -0.25) is 9.59 Å². The molecule has 0 radical (unpaired) electrons. The van der Waals surface area contributed by atoms with Crippen LogP contribution in [0.5, 0.6) is 5.75 Å². The monoisotopic (exact) mass is 392 g/mol. The average Bonchev–Trinajstić information content (AvgIpc) is 3.26. The van der Waals surface area contributed by atoms with Crippen molar-refractivity contribution in [1.29, 1.82) is 0 Å². The van der Waals surface area contributed by atoms with Gasteiger partial charge in [0, 0.05) is 6.42 Å².